The first-order valence-corrected chi connectivity index (χ1v) is 11.4. The number of hydrogen-bond acceptors (Lipinski definition) is 4. The Hall–Kier alpha value is -2.34. The van der Waals surface area contributed by atoms with Gasteiger partial charge in [0, 0.05) is 68.0 Å². The molecule has 2 unspecified atom stereocenters. The van der Waals surface area contributed by atoms with E-state index in [-0.39, 0.29) is 0 Å². The fraction of sp³-hybridized carbons (Fsp3) is 0.583. The van der Waals surface area contributed by atoms with Crippen LogP contribution in [0.25, 0.3) is 16.6 Å². The molecule has 4 atom stereocenters. The molecule has 2 saturated heterocycles. The van der Waals surface area contributed by atoms with Crippen molar-refractivity contribution in [2.75, 3.05) is 18.0 Å². The van der Waals surface area contributed by atoms with Gasteiger partial charge >= 0.3 is 0 Å². The maximum atomic E-state index is 4.59. The van der Waals surface area contributed by atoms with Crippen LogP contribution in [0.2, 0.25) is 0 Å². The molecule has 6 nitrogen and oxygen atoms in total. The molecule has 2 bridgehead atoms. The average Bonchev–Trinajstić information content (AvgIpc) is 3.41. The summed E-state index contributed by atoms with van der Waals surface area (Å²) in [5.41, 5.74) is 5.28. The normalized spacial score (nSPS) is 30.7. The zero-order valence-corrected chi connectivity index (χ0v) is 18.5. The summed E-state index contributed by atoms with van der Waals surface area (Å²) < 4.78 is 3.88. The zero-order valence-electron chi connectivity index (χ0n) is 18.5. The van der Waals surface area contributed by atoms with E-state index in [2.05, 4.69) is 65.3 Å². The first-order valence-electron chi connectivity index (χ1n) is 11.4. The summed E-state index contributed by atoms with van der Waals surface area (Å²) in [6, 6.07) is 6.59. The van der Waals surface area contributed by atoms with Gasteiger partial charge in [0.05, 0.1) is 17.4 Å². The molecule has 3 aromatic rings. The van der Waals surface area contributed by atoms with Crippen LogP contribution < -0.4 is 4.90 Å². The highest BCUT2D eigenvalue weighted by atomic mass is 15.4. The van der Waals surface area contributed by atoms with Crippen molar-refractivity contribution < 1.29 is 0 Å². The van der Waals surface area contributed by atoms with E-state index >= 15 is 0 Å². The summed E-state index contributed by atoms with van der Waals surface area (Å²) in [5, 5.41) is 8.92. The lowest BCUT2D eigenvalue weighted by atomic mass is 9.58. The minimum atomic E-state index is 0.451. The van der Waals surface area contributed by atoms with Gasteiger partial charge in [0.1, 0.15) is 0 Å². The molecule has 2 aliphatic heterocycles. The van der Waals surface area contributed by atoms with Crippen LogP contribution in [0, 0.1) is 11.3 Å². The molecule has 0 spiro atoms. The number of nitrogens with zero attached hydrogens (tertiary/aromatic N) is 6. The molecule has 6 heteroatoms. The Morgan fingerprint density at radius 3 is 2.43 bits per heavy atom. The van der Waals surface area contributed by atoms with Crippen molar-refractivity contribution in [2.45, 2.75) is 58.2 Å². The maximum Gasteiger partial charge on any atom is 0.0886 e. The molecule has 6 rings (SSSR count). The first-order chi connectivity index (χ1) is 14.4. The van der Waals surface area contributed by atoms with E-state index in [0.717, 1.165) is 30.6 Å². The minimum Gasteiger partial charge on any atom is -0.367 e. The Morgan fingerprint density at radius 1 is 1.03 bits per heavy atom. The average molecular weight is 405 g/mol. The molecule has 158 valence electrons. The molecule has 3 fully saturated rings. The predicted octanol–water partition coefficient (Wildman–Crippen LogP) is 3.82. The van der Waals surface area contributed by atoms with Gasteiger partial charge in [-0.05, 0) is 42.7 Å². The second-order valence-corrected chi connectivity index (χ2v) is 10.4. The molecule has 30 heavy (non-hydrogen) atoms. The molecule has 0 N–H and O–H groups in total. The number of aromatic nitrogens is 4. The third-order valence-corrected chi connectivity index (χ3v) is 8.47. The molecule has 3 aromatic heterocycles. The Morgan fingerprint density at radius 2 is 1.80 bits per heavy atom. The van der Waals surface area contributed by atoms with Crippen molar-refractivity contribution in [3.63, 3.8) is 0 Å². The Kier molecular flexibility index (Phi) is 3.89. The minimum absolute atomic E-state index is 0.451. The fourth-order valence-corrected chi connectivity index (χ4v) is 6.25. The summed E-state index contributed by atoms with van der Waals surface area (Å²) in [5.74, 6) is 0.839. The Labute approximate surface area is 178 Å². The first kappa shape index (κ1) is 18.4. The highest BCUT2D eigenvalue weighted by Gasteiger charge is 2.54. The number of anilines is 1. The van der Waals surface area contributed by atoms with Crippen LogP contribution in [0.3, 0.4) is 0 Å². The number of aryl methyl sites for hydroxylation is 1. The molecule has 1 saturated carbocycles. The Bertz CT molecular complexity index is 1080. The van der Waals surface area contributed by atoms with Crippen LogP contribution in [-0.2, 0) is 7.05 Å². The summed E-state index contributed by atoms with van der Waals surface area (Å²) >= 11 is 0. The summed E-state index contributed by atoms with van der Waals surface area (Å²) in [6.45, 7) is 9.64. The van der Waals surface area contributed by atoms with Crippen molar-refractivity contribution in [3.05, 3.63) is 36.9 Å². The second-order valence-electron chi connectivity index (χ2n) is 10.4. The van der Waals surface area contributed by atoms with Crippen molar-refractivity contribution in [3.8, 4) is 11.1 Å². The van der Waals surface area contributed by atoms with Crippen molar-refractivity contribution in [2.24, 2.45) is 18.4 Å². The van der Waals surface area contributed by atoms with Crippen molar-refractivity contribution >= 4 is 11.2 Å². The van der Waals surface area contributed by atoms with Gasteiger partial charge in [-0.2, -0.15) is 10.2 Å². The number of rotatable bonds is 3. The smallest absolute Gasteiger partial charge is 0.0886 e. The topological polar surface area (TPSA) is 41.6 Å². The lowest BCUT2D eigenvalue weighted by Gasteiger charge is -2.59. The lowest BCUT2D eigenvalue weighted by molar-refractivity contribution is -0.0798. The predicted molar refractivity (Wildman–Crippen MR) is 120 cm³/mol. The van der Waals surface area contributed by atoms with Gasteiger partial charge in [0.25, 0.3) is 0 Å². The molecule has 0 amide bonds. The third kappa shape index (κ3) is 2.59. The summed E-state index contributed by atoms with van der Waals surface area (Å²) in [4.78, 5) is 5.53. The SMILES string of the molecule is C[C@H]1C[C@@H](N2C3CCC2CN(c2ccnn4cc(-c5cnn(C)c5)cc24)C3)C1(C)C. The number of hydrogen-bond donors (Lipinski definition) is 0. The van der Waals surface area contributed by atoms with Crippen LogP contribution in [-0.4, -0.2) is 55.5 Å². The zero-order chi connectivity index (χ0) is 20.6. The van der Waals surface area contributed by atoms with Gasteiger partial charge < -0.3 is 4.90 Å². The van der Waals surface area contributed by atoms with E-state index in [1.807, 2.05) is 28.6 Å². The highest BCUT2D eigenvalue weighted by molar-refractivity contribution is 5.79. The van der Waals surface area contributed by atoms with Gasteiger partial charge in [-0.1, -0.05) is 20.8 Å². The van der Waals surface area contributed by atoms with Crippen LogP contribution >= 0.6 is 0 Å². The van der Waals surface area contributed by atoms with E-state index in [9.17, 15) is 0 Å². The second kappa shape index (κ2) is 6.33. The van der Waals surface area contributed by atoms with Gasteiger partial charge in [-0.15, -0.1) is 0 Å². The number of fused-ring (bicyclic) bond motifs is 3. The summed E-state index contributed by atoms with van der Waals surface area (Å²) in [6.07, 6.45) is 12.1. The van der Waals surface area contributed by atoms with Crippen LogP contribution in [0.15, 0.2) is 36.9 Å². The van der Waals surface area contributed by atoms with E-state index in [1.54, 1.807) is 0 Å². The number of piperazine rings is 1. The van der Waals surface area contributed by atoms with Gasteiger partial charge in [-0.25, -0.2) is 4.52 Å². The highest BCUT2D eigenvalue weighted by Crippen LogP contribution is 2.52. The third-order valence-electron chi connectivity index (χ3n) is 8.47. The van der Waals surface area contributed by atoms with Crippen LogP contribution in [0.4, 0.5) is 5.69 Å². The van der Waals surface area contributed by atoms with Crippen LogP contribution in [0.1, 0.15) is 40.0 Å². The quantitative estimate of drug-likeness (QED) is 0.665. The molecule has 5 heterocycles. The maximum absolute atomic E-state index is 4.59. The lowest BCUT2D eigenvalue weighted by Crippen LogP contribution is -2.65. The molecule has 1 aliphatic carbocycles. The van der Waals surface area contributed by atoms with Crippen molar-refractivity contribution in [1.29, 1.82) is 0 Å². The van der Waals surface area contributed by atoms with E-state index in [1.165, 1.54) is 36.0 Å². The molecule has 3 aliphatic rings. The summed E-state index contributed by atoms with van der Waals surface area (Å²) in [7, 11) is 1.96. The molecule has 0 aromatic carbocycles. The van der Waals surface area contributed by atoms with Gasteiger partial charge in [0.2, 0.25) is 0 Å². The van der Waals surface area contributed by atoms with Gasteiger partial charge in [0.15, 0.2) is 0 Å². The standard InChI is InChI=1S/C24H32N6/c1-16-9-23(24(16,2)3)30-19-5-6-20(30)15-28(14-19)21-7-8-25-29-13-17(10-22(21)29)18-11-26-27(4)12-18/h7-8,10-13,16,19-20,23H,5-6,9,14-15H2,1-4H3/t16-,19?,20?,23+/m0/s1. The van der Waals surface area contributed by atoms with E-state index in [4.69, 9.17) is 0 Å². The van der Waals surface area contributed by atoms with E-state index in [0.29, 0.717) is 17.5 Å². The molecule has 0 radical (unpaired) electrons. The monoisotopic (exact) mass is 404 g/mol. The van der Waals surface area contributed by atoms with Crippen LogP contribution in [0.5, 0.6) is 0 Å². The van der Waals surface area contributed by atoms with E-state index < -0.39 is 0 Å². The Balaban J connectivity index is 1.30. The fourth-order valence-electron chi connectivity index (χ4n) is 6.25. The van der Waals surface area contributed by atoms with Gasteiger partial charge in [-0.3, -0.25) is 9.58 Å². The van der Waals surface area contributed by atoms with Crippen molar-refractivity contribution in [1.82, 2.24) is 24.3 Å². The molecular formula is C24H32N6. The largest absolute Gasteiger partial charge is 0.367 e. The molecular weight excluding hydrogens is 372 g/mol.